The normalized spacial score (nSPS) is 14.3. The number of hydrogen-bond acceptors (Lipinski definition) is 5. The average molecular weight is 331 g/mol. The fourth-order valence-corrected chi connectivity index (χ4v) is 2.34. The van der Waals surface area contributed by atoms with Crippen molar-refractivity contribution < 1.29 is 18.7 Å². The van der Waals surface area contributed by atoms with Gasteiger partial charge in [0.2, 0.25) is 0 Å². The standard InChI is InChI=1S/C17H18FN3O3/c18-14-3-1-2-4-15(14)24-12-17(22)20-13-5-6-16(19-11-13)21-7-9-23-10-8-21/h1-6,11H,7-10,12H2,(H,20,22). The maximum Gasteiger partial charge on any atom is 0.262 e. The predicted octanol–water partition coefficient (Wildman–Crippen LogP) is 2.07. The van der Waals surface area contributed by atoms with E-state index < -0.39 is 5.82 Å². The highest BCUT2D eigenvalue weighted by molar-refractivity contribution is 5.91. The zero-order valence-corrected chi connectivity index (χ0v) is 13.1. The smallest absolute Gasteiger partial charge is 0.262 e. The van der Waals surface area contributed by atoms with Crippen molar-refractivity contribution >= 4 is 17.4 Å². The number of aromatic nitrogens is 1. The van der Waals surface area contributed by atoms with Crippen molar-refractivity contribution in [1.29, 1.82) is 0 Å². The summed E-state index contributed by atoms with van der Waals surface area (Å²) in [6, 6.07) is 9.58. The van der Waals surface area contributed by atoms with Gasteiger partial charge < -0.3 is 19.7 Å². The van der Waals surface area contributed by atoms with Gasteiger partial charge in [-0.1, -0.05) is 12.1 Å². The van der Waals surface area contributed by atoms with Crippen LogP contribution in [-0.2, 0) is 9.53 Å². The highest BCUT2D eigenvalue weighted by atomic mass is 19.1. The molecule has 1 aromatic heterocycles. The van der Waals surface area contributed by atoms with Crippen LogP contribution in [0.5, 0.6) is 5.75 Å². The molecule has 0 saturated carbocycles. The van der Waals surface area contributed by atoms with Crippen LogP contribution in [0.15, 0.2) is 42.6 Å². The van der Waals surface area contributed by atoms with E-state index in [4.69, 9.17) is 9.47 Å². The molecule has 1 N–H and O–H groups in total. The topological polar surface area (TPSA) is 63.7 Å². The van der Waals surface area contributed by atoms with Gasteiger partial charge in [-0.15, -0.1) is 0 Å². The Labute approximate surface area is 139 Å². The van der Waals surface area contributed by atoms with Gasteiger partial charge in [-0.2, -0.15) is 0 Å². The maximum atomic E-state index is 13.4. The summed E-state index contributed by atoms with van der Waals surface area (Å²) in [5.41, 5.74) is 0.564. The van der Waals surface area contributed by atoms with Crippen LogP contribution in [0.4, 0.5) is 15.9 Å². The Morgan fingerprint density at radius 3 is 2.75 bits per heavy atom. The molecule has 1 amide bonds. The van der Waals surface area contributed by atoms with Crippen molar-refractivity contribution in [2.24, 2.45) is 0 Å². The van der Waals surface area contributed by atoms with Crippen molar-refractivity contribution in [1.82, 2.24) is 4.98 Å². The van der Waals surface area contributed by atoms with Crippen LogP contribution in [0.25, 0.3) is 0 Å². The average Bonchev–Trinajstić information content (AvgIpc) is 2.62. The molecule has 3 rings (SSSR count). The van der Waals surface area contributed by atoms with Gasteiger partial charge >= 0.3 is 0 Å². The molecule has 2 aromatic rings. The number of anilines is 2. The summed E-state index contributed by atoms with van der Waals surface area (Å²) in [6.07, 6.45) is 1.59. The largest absolute Gasteiger partial charge is 0.481 e. The molecule has 126 valence electrons. The number of nitrogens with one attached hydrogen (secondary N) is 1. The van der Waals surface area contributed by atoms with Crippen molar-refractivity contribution in [2.75, 3.05) is 43.1 Å². The number of morpholine rings is 1. The van der Waals surface area contributed by atoms with Gasteiger partial charge in [0.05, 0.1) is 25.1 Å². The van der Waals surface area contributed by atoms with Crippen molar-refractivity contribution in [3.63, 3.8) is 0 Å². The number of ether oxygens (including phenoxy) is 2. The summed E-state index contributed by atoms with van der Waals surface area (Å²) in [5.74, 6) is 0.0216. The Hall–Kier alpha value is -2.67. The highest BCUT2D eigenvalue weighted by Crippen LogP contribution is 2.17. The quantitative estimate of drug-likeness (QED) is 0.909. The number of amides is 1. The first-order valence-electron chi connectivity index (χ1n) is 7.68. The first-order valence-corrected chi connectivity index (χ1v) is 7.68. The van der Waals surface area contributed by atoms with E-state index in [1.165, 1.54) is 12.1 Å². The van der Waals surface area contributed by atoms with Crippen LogP contribution < -0.4 is 15.0 Å². The molecule has 0 unspecified atom stereocenters. The van der Waals surface area contributed by atoms with Gasteiger partial charge in [0.25, 0.3) is 5.91 Å². The molecule has 0 bridgehead atoms. The highest BCUT2D eigenvalue weighted by Gasteiger charge is 2.12. The Morgan fingerprint density at radius 1 is 1.25 bits per heavy atom. The number of para-hydroxylation sites is 1. The molecule has 1 aliphatic rings. The molecule has 0 atom stereocenters. The van der Waals surface area contributed by atoms with Crippen molar-refractivity contribution in [3.05, 3.63) is 48.4 Å². The molecule has 0 spiro atoms. The zero-order valence-electron chi connectivity index (χ0n) is 13.1. The second kappa shape index (κ2) is 7.74. The van der Waals surface area contributed by atoms with Gasteiger partial charge in [-0.25, -0.2) is 9.37 Å². The van der Waals surface area contributed by atoms with E-state index in [0.717, 1.165) is 18.9 Å². The fourth-order valence-electron chi connectivity index (χ4n) is 2.34. The zero-order chi connectivity index (χ0) is 16.8. The lowest BCUT2D eigenvalue weighted by Crippen LogP contribution is -2.36. The second-order valence-corrected chi connectivity index (χ2v) is 5.27. The predicted molar refractivity (Wildman–Crippen MR) is 87.8 cm³/mol. The first-order chi connectivity index (χ1) is 11.7. The van der Waals surface area contributed by atoms with Crippen molar-refractivity contribution in [2.45, 2.75) is 0 Å². The molecule has 1 fully saturated rings. The summed E-state index contributed by atoms with van der Waals surface area (Å²) in [4.78, 5) is 18.3. The number of carbonyl (C=O) groups is 1. The Bertz CT molecular complexity index is 688. The van der Waals surface area contributed by atoms with E-state index in [1.54, 1.807) is 24.4 Å². The Balaban J connectivity index is 1.52. The maximum absolute atomic E-state index is 13.4. The van der Waals surface area contributed by atoms with Gasteiger partial charge in [-0.05, 0) is 24.3 Å². The number of pyridine rings is 1. The lowest BCUT2D eigenvalue weighted by molar-refractivity contribution is -0.118. The van der Waals surface area contributed by atoms with E-state index >= 15 is 0 Å². The molecular formula is C17H18FN3O3. The lowest BCUT2D eigenvalue weighted by Gasteiger charge is -2.27. The molecule has 7 heteroatoms. The number of halogens is 1. The van der Waals surface area contributed by atoms with Crippen molar-refractivity contribution in [3.8, 4) is 5.75 Å². The van der Waals surface area contributed by atoms with Gasteiger partial charge in [0.15, 0.2) is 18.2 Å². The number of hydrogen-bond donors (Lipinski definition) is 1. The van der Waals surface area contributed by atoms with Crippen LogP contribution in [0.2, 0.25) is 0 Å². The number of rotatable bonds is 5. The molecule has 1 aromatic carbocycles. The number of benzene rings is 1. The van der Waals surface area contributed by atoms with Crippen LogP contribution in [0.3, 0.4) is 0 Å². The first kappa shape index (κ1) is 16.2. The fraction of sp³-hybridized carbons (Fsp3) is 0.294. The lowest BCUT2D eigenvalue weighted by atomic mass is 10.3. The van der Waals surface area contributed by atoms with Crippen LogP contribution in [0, 0.1) is 5.82 Å². The summed E-state index contributed by atoms with van der Waals surface area (Å²) in [6.45, 7) is 2.71. The molecule has 2 heterocycles. The number of carbonyl (C=O) groups excluding carboxylic acids is 1. The minimum atomic E-state index is -0.498. The molecule has 6 nitrogen and oxygen atoms in total. The third-order valence-electron chi connectivity index (χ3n) is 3.56. The number of nitrogens with zero attached hydrogens (tertiary/aromatic N) is 2. The Kier molecular flexibility index (Phi) is 5.22. The third kappa shape index (κ3) is 4.20. The minimum absolute atomic E-state index is 0.0495. The van der Waals surface area contributed by atoms with E-state index in [1.807, 2.05) is 6.07 Å². The van der Waals surface area contributed by atoms with Gasteiger partial charge in [0.1, 0.15) is 5.82 Å². The summed E-state index contributed by atoms with van der Waals surface area (Å²) < 4.78 is 23.9. The molecular weight excluding hydrogens is 313 g/mol. The molecule has 0 aliphatic carbocycles. The molecule has 0 radical (unpaired) electrons. The third-order valence-corrected chi connectivity index (χ3v) is 3.56. The van der Waals surface area contributed by atoms with E-state index in [2.05, 4.69) is 15.2 Å². The van der Waals surface area contributed by atoms with E-state index in [-0.39, 0.29) is 18.3 Å². The minimum Gasteiger partial charge on any atom is -0.481 e. The second-order valence-electron chi connectivity index (χ2n) is 5.27. The van der Waals surface area contributed by atoms with Crippen LogP contribution in [-0.4, -0.2) is 43.8 Å². The van der Waals surface area contributed by atoms with E-state index in [9.17, 15) is 9.18 Å². The van der Waals surface area contributed by atoms with Gasteiger partial charge in [0, 0.05) is 13.1 Å². The van der Waals surface area contributed by atoms with E-state index in [0.29, 0.717) is 18.9 Å². The van der Waals surface area contributed by atoms with Crippen LogP contribution >= 0.6 is 0 Å². The summed E-state index contributed by atoms with van der Waals surface area (Å²) >= 11 is 0. The summed E-state index contributed by atoms with van der Waals surface area (Å²) in [7, 11) is 0. The van der Waals surface area contributed by atoms with Gasteiger partial charge in [-0.3, -0.25) is 4.79 Å². The van der Waals surface area contributed by atoms with Crippen LogP contribution in [0.1, 0.15) is 0 Å². The SMILES string of the molecule is O=C(COc1ccccc1F)Nc1ccc(N2CCOCC2)nc1. The molecule has 1 saturated heterocycles. The molecule has 24 heavy (non-hydrogen) atoms. The molecule has 1 aliphatic heterocycles. The summed E-state index contributed by atoms with van der Waals surface area (Å²) in [5, 5.41) is 2.67. The Morgan fingerprint density at radius 2 is 2.04 bits per heavy atom. The monoisotopic (exact) mass is 331 g/mol.